The van der Waals surface area contributed by atoms with Gasteiger partial charge >= 0.3 is 0 Å². The Labute approximate surface area is 208 Å². The quantitative estimate of drug-likeness (QED) is 0.274. The van der Waals surface area contributed by atoms with Crippen LogP contribution in [0.4, 0.5) is 0 Å². The van der Waals surface area contributed by atoms with Crippen LogP contribution >= 0.6 is 0 Å². The van der Waals surface area contributed by atoms with Gasteiger partial charge in [-0.3, -0.25) is 4.98 Å². The minimum absolute atomic E-state index is 0.612. The summed E-state index contributed by atoms with van der Waals surface area (Å²) in [5.74, 6) is 0. The fraction of sp³-hybridized carbons (Fsp3) is 0.0625. The Morgan fingerprint density at radius 2 is 1.25 bits per heavy atom. The van der Waals surface area contributed by atoms with Gasteiger partial charge in [0.15, 0.2) is 0 Å². The van der Waals surface area contributed by atoms with Crippen molar-refractivity contribution in [3.63, 3.8) is 0 Å². The third kappa shape index (κ3) is 3.03. The molecule has 7 rings (SSSR count). The van der Waals surface area contributed by atoms with Crippen LogP contribution in [0.2, 0.25) is 0 Å². The van der Waals surface area contributed by atoms with E-state index < -0.39 is 0 Å². The van der Waals surface area contributed by atoms with Crippen LogP contribution in [0.3, 0.4) is 0 Å². The number of pyridine rings is 1. The van der Waals surface area contributed by atoms with Gasteiger partial charge in [0.2, 0.25) is 0 Å². The van der Waals surface area contributed by atoms with Crippen LogP contribution in [0.1, 0.15) is 11.3 Å². The van der Waals surface area contributed by atoms with Gasteiger partial charge in [-0.1, -0.05) is 48.5 Å². The molecule has 7 aromatic rings. The second-order valence-corrected chi connectivity index (χ2v) is 9.29. The molecule has 0 fully saturated rings. The van der Waals surface area contributed by atoms with E-state index in [1.807, 2.05) is 6.07 Å². The number of rotatable bonds is 3. The number of nitriles is 1. The maximum absolute atomic E-state index is 9.31. The molecule has 36 heavy (non-hydrogen) atoms. The molecule has 0 aliphatic rings. The van der Waals surface area contributed by atoms with E-state index in [-0.39, 0.29) is 0 Å². The fourth-order valence-corrected chi connectivity index (χ4v) is 5.55. The Balaban J connectivity index is 1.41. The molecule has 0 spiro atoms. The summed E-state index contributed by atoms with van der Waals surface area (Å²) in [6.07, 6.45) is 1.71. The molecule has 0 saturated heterocycles. The molecule has 0 atom stereocenters. The van der Waals surface area contributed by atoms with Crippen molar-refractivity contribution in [3.8, 4) is 17.2 Å². The maximum Gasteiger partial charge on any atom is 0.0992 e. The lowest BCUT2D eigenvalue weighted by Crippen LogP contribution is -2.01. The van der Waals surface area contributed by atoms with Crippen molar-refractivity contribution in [1.29, 1.82) is 5.26 Å². The molecular formula is C32H22N4. The molecule has 0 unspecified atom stereocenters. The van der Waals surface area contributed by atoms with Gasteiger partial charge in [-0.25, -0.2) is 0 Å². The molecule has 3 heterocycles. The second-order valence-electron chi connectivity index (χ2n) is 9.29. The smallest absolute Gasteiger partial charge is 0.0992 e. The molecule has 170 valence electrons. The summed E-state index contributed by atoms with van der Waals surface area (Å²) in [5, 5.41) is 14.3. The molecule has 4 aromatic carbocycles. The molecule has 0 aliphatic carbocycles. The van der Waals surface area contributed by atoms with E-state index in [1.165, 1.54) is 49.2 Å². The lowest BCUT2D eigenvalue weighted by Gasteiger charge is -2.08. The van der Waals surface area contributed by atoms with Crippen molar-refractivity contribution < 1.29 is 0 Å². The van der Waals surface area contributed by atoms with Gasteiger partial charge in [0.05, 0.1) is 23.9 Å². The highest BCUT2D eigenvalue weighted by molar-refractivity contribution is 6.11. The SMILES string of the molecule is Cn1c2ccccc2c2cc(-c3ccc4c(c3)c3ccccc3n4Cc3cc(C#N)ccn3)ccc21. The molecule has 0 bridgehead atoms. The molecular weight excluding hydrogens is 440 g/mol. The van der Waals surface area contributed by atoms with Crippen molar-refractivity contribution in [1.82, 2.24) is 14.1 Å². The highest BCUT2D eigenvalue weighted by atomic mass is 15.0. The first-order valence-corrected chi connectivity index (χ1v) is 12.0. The van der Waals surface area contributed by atoms with E-state index >= 15 is 0 Å². The number of aryl methyl sites for hydroxylation is 1. The summed E-state index contributed by atoms with van der Waals surface area (Å²) >= 11 is 0. The summed E-state index contributed by atoms with van der Waals surface area (Å²) in [6.45, 7) is 0.612. The average Bonchev–Trinajstić information content (AvgIpc) is 3.40. The van der Waals surface area contributed by atoms with Crippen molar-refractivity contribution in [2.75, 3.05) is 0 Å². The minimum atomic E-state index is 0.612. The zero-order valence-corrected chi connectivity index (χ0v) is 19.8. The Hall–Kier alpha value is -4.88. The average molecular weight is 463 g/mol. The Morgan fingerprint density at radius 3 is 2.00 bits per heavy atom. The summed E-state index contributed by atoms with van der Waals surface area (Å²) in [7, 11) is 2.13. The lowest BCUT2D eigenvalue weighted by atomic mass is 10.0. The van der Waals surface area contributed by atoms with E-state index in [0.717, 1.165) is 11.2 Å². The maximum atomic E-state index is 9.31. The van der Waals surface area contributed by atoms with E-state index in [4.69, 9.17) is 0 Å². The zero-order valence-electron chi connectivity index (χ0n) is 19.8. The Bertz CT molecular complexity index is 2000. The van der Waals surface area contributed by atoms with Crippen LogP contribution in [0, 0.1) is 11.3 Å². The highest BCUT2D eigenvalue weighted by Gasteiger charge is 2.14. The number of hydrogen-bond donors (Lipinski definition) is 0. The Kier molecular flexibility index (Phi) is 4.46. The highest BCUT2D eigenvalue weighted by Crippen LogP contribution is 2.36. The molecule has 0 radical (unpaired) electrons. The number of para-hydroxylation sites is 2. The van der Waals surface area contributed by atoms with Crippen LogP contribution in [0.5, 0.6) is 0 Å². The third-order valence-electron chi connectivity index (χ3n) is 7.28. The normalized spacial score (nSPS) is 11.6. The van der Waals surface area contributed by atoms with E-state index in [1.54, 1.807) is 12.3 Å². The summed E-state index contributed by atoms with van der Waals surface area (Å²) < 4.78 is 4.56. The first-order valence-electron chi connectivity index (χ1n) is 12.0. The van der Waals surface area contributed by atoms with Gasteiger partial charge in [0.1, 0.15) is 0 Å². The van der Waals surface area contributed by atoms with Crippen LogP contribution in [-0.2, 0) is 13.6 Å². The van der Waals surface area contributed by atoms with Crippen molar-refractivity contribution >= 4 is 43.6 Å². The van der Waals surface area contributed by atoms with Gasteiger partial charge in [0.25, 0.3) is 0 Å². The van der Waals surface area contributed by atoms with Crippen molar-refractivity contribution in [2.24, 2.45) is 7.05 Å². The Morgan fingerprint density at radius 1 is 0.667 bits per heavy atom. The van der Waals surface area contributed by atoms with E-state index in [2.05, 4.69) is 112 Å². The topological polar surface area (TPSA) is 46.5 Å². The number of benzene rings is 4. The molecule has 4 heteroatoms. The molecule has 0 N–H and O–H groups in total. The van der Waals surface area contributed by atoms with Gasteiger partial charge < -0.3 is 9.13 Å². The summed E-state index contributed by atoms with van der Waals surface area (Å²) in [5.41, 5.74) is 8.73. The molecule has 3 aromatic heterocycles. The standard InChI is InChI=1S/C32H22N4/c1-35-29-8-4-2-6-25(29)27-17-22(10-12-30(27)35)23-11-13-32-28(18-23)26-7-3-5-9-31(26)36(32)20-24-16-21(19-33)14-15-34-24/h2-18H,20H2,1H3. The molecule has 0 saturated carbocycles. The third-order valence-corrected chi connectivity index (χ3v) is 7.28. The number of fused-ring (bicyclic) bond motifs is 6. The van der Waals surface area contributed by atoms with E-state index in [9.17, 15) is 5.26 Å². The first kappa shape index (κ1) is 20.5. The summed E-state index contributed by atoms with van der Waals surface area (Å²) in [6, 6.07) is 36.4. The van der Waals surface area contributed by atoms with Gasteiger partial charge in [-0.05, 0) is 59.7 Å². The largest absolute Gasteiger partial charge is 0.344 e. The van der Waals surface area contributed by atoms with Gasteiger partial charge in [-0.15, -0.1) is 0 Å². The monoisotopic (exact) mass is 462 g/mol. The van der Waals surface area contributed by atoms with Gasteiger partial charge in [0, 0.05) is 56.9 Å². The second kappa shape index (κ2) is 7.83. The van der Waals surface area contributed by atoms with Crippen LogP contribution in [-0.4, -0.2) is 14.1 Å². The van der Waals surface area contributed by atoms with Crippen molar-refractivity contribution in [2.45, 2.75) is 6.54 Å². The van der Waals surface area contributed by atoms with Crippen LogP contribution in [0.25, 0.3) is 54.7 Å². The van der Waals surface area contributed by atoms with Crippen molar-refractivity contribution in [3.05, 3.63) is 115 Å². The predicted octanol–water partition coefficient (Wildman–Crippen LogP) is 7.42. The molecule has 4 nitrogen and oxygen atoms in total. The molecule has 0 aliphatic heterocycles. The molecule has 0 amide bonds. The van der Waals surface area contributed by atoms with Crippen LogP contribution < -0.4 is 0 Å². The predicted molar refractivity (Wildman–Crippen MR) is 147 cm³/mol. The van der Waals surface area contributed by atoms with E-state index in [0.29, 0.717) is 12.1 Å². The fourth-order valence-electron chi connectivity index (χ4n) is 5.55. The first-order chi connectivity index (χ1) is 17.7. The number of aromatic nitrogens is 3. The summed E-state index contributed by atoms with van der Waals surface area (Å²) in [4.78, 5) is 4.52. The lowest BCUT2D eigenvalue weighted by molar-refractivity contribution is 0.834. The minimum Gasteiger partial charge on any atom is -0.344 e. The number of hydrogen-bond acceptors (Lipinski definition) is 2. The zero-order chi connectivity index (χ0) is 24.2. The van der Waals surface area contributed by atoms with Crippen LogP contribution in [0.15, 0.2) is 103 Å². The van der Waals surface area contributed by atoms with Gasteiger partial charge in [-0.2, -0.15) is 5.26 Å². The number of nitrogens with zero attached hydrogens (tertiary/aromatic N) is 4.